The lowest BCUT2D eigenvalue weighted by molar-refractivity contribution is -0.124. The molecule has 0 aromatic carbocycles. The van der Waals surface area contributed by atoms with Crippen LogP contribution >= 0.6 is 0 Å². The number of carbonyl (C=O) groups is 1. The molecule has 1 amide bonds. The Morgan fingerprint density at radius 2 is 2.33 bits per heavy atom. The predicted octanol–water partition coefficient (Wildman–Crippen LogP) is 0.750. The maximum Gasteiger partial charge on any atom is 0.221 e. The van der Waals surface area contributed by atoms with Crippen molar-refractivity contribution in [2.24, 2.45) is 11.7 Å². The minimum absolute atomic E-state index is 0.0274. The van der Waals surface area contributed by atoms with Gasteiger partial charge in [-0.2, -0.15) is 0 Å². The molecule has 2 rings (SSSR count). The third-order valence-corrected chi connectivity index (χ3v) is 3.64. The molecule has 0 aliphatic carbocycles. The fourth-order valence-corrected chi connectivity index (χ4v) is 2.46. The molecule has 18 heavy (non-hydrogen) atoms. The second-order valence-corrected chi connectivity index (χ2v) is 5.04. The van der Waals surface area contributed by atoms with Gasteiger partial charge in [-0.05, 0) is 37.5 Å². The highest BCUT2D eigenvalue weighted by molar-refractivity contribution is 5.76. The number of carbonyl (C=O) groups excluding carboxylic acids is 1. The molecule has 1 fully saturated rings. The van der Waals surface area contributed by atoms with Gasteiger partial charge in [0, 0.05) is 25.3 Å². The Hall–Kier alpha value is -1.62. The monoisotopic (exact) mass is 248 g/mol. The van der Waals surface area contributed by atoms with Gasteiger partial charge in [0.1, 0.15) is 5.82 Å². The molecule has 0 bridgehead atoms. The second kappa shape index (κ2) is 5.35. The molecular weight excluding hydrogens is 228 g/mol. The molecule has 2 unspecified atom stereocenters. The summed E-state index contributed by atoms with van der Waals surface area (Å²) in [5.41, 5.74) is 12.2. The molecule has 1 aliphatic heterocycles. The smallest absolute Gasteiger partial charge is 0.221 e. The van der Waals surface area contributed by atoms with Gasteiger partial charge in [0.15, 0.2) is 0 Å². The Balaban J connectivity index is 2.04. The third-order valence-electron chi connectivity index (χ3n) is 3.64. The first kappa shape index (κ1) is 12.8. The highest BCUT2D eigenvalue weighted by atomic mass is 16.1. The van der Waals surface area contributed by atoms with Crippen LogP contribution in [0.2, 0.25) is 0 Å². The topological polar surface area (TPSA) is 85.2 Å². The molecular formula is C13H20N4O. The Labute approximate surface area is 107 Å². The summed E-state index contributed by atoms with van der Waals surface area (Å²) in [6.45, 7) is 3.71. The van der Waals surface area contributed by atoms with Gasteiger partial charge in [0.05, 0.1) is 5.92 Å². The van der Waals surface area contributed by atoms with Crippen molar-refractivity contribution in [1.29, 1.82) is 0 Å². The quantitative estimate of drug-likeness (QED) is 0.826. The number of anilines is 1. The van der Waals surface area contributed by atoms with Crippen molar-refractivity contribution in [3.8, 4) is 0 Å². The van der Waals surface area contributed by atoms with E-state index in [4.69, 9.17) is 11.5 Å². The fraction of sp³-hybridized carbons (Fsp3) is 0.538. The van der Waals surface area contributed by atoms with Crippen molar-refractivity contribution in [2.75, 3.05) is 12.3 Å². The van der Waals surface area contributed by atoms with E-state index in [0.29, 0.717) is 11.9 Å². The van der Waals surface area contributed by atoms with Crippen molar-refractivity contribution < 1.29 is 4.79 Å². The molecule has 1 saturated heterocycles. The second-order valence-electron chi connectivity index (χ2n) is 5.04. The Morgan fingerprint density at radius 1 is 1.56 bits per heavy atom. The van der Waals surface area contributed by atoms with E-state index >= 15 is 0 Å². The van der Waals surface area contributed by atoms with Crippen LogP contribution in [0, 0.1) is 5.92 Å². The molecule has 0 radical (unpaired) electrons. The maximum absolute atomic E-state index is 11.3. The van der Waals surface area contributed by atoms with Gasteiger partial charge >= 0.3 is 0 Å². The number of primary amides is 1. The van der Waals surface area contributed by atoms with Crippen LogP contribution in [-0.2, 0) is 11.3 Å². The number of nitrogens with zero attached hydrogens (tertiary/aromatic N) is 2. The van der Waals surface area contributed by atoms with Crippen molar-refractivity contribution in [1.82, 2.24) is 9.88 Å². The van der Waals surface area contributed by atoms with E-state index in [1.54, 1.807) is 6.20 Å². The van der Waals surface area contributed by atoms with Gasteiger partial charge in [0.2, 0.25) is 5.91 Å². The number of pyridine rings is 1. The number of hydrogen-bond donors (Lipinski definition) is 2. The molecule has 0 spiro atoms. The van der Waals surface area contributed by atoms with E-state index < -0.39 is 0 Å². The zero-order valence-electron chi connectivity index (χ0n) is 10.7. The summed E-state index contributed by atoms with van der Waals surface area (Å²) in [7, 11) is 0. The number of aromatic nitrogens is 1. The number of amides is 1. The van der Waals surface area contributed by atoms with Crippen molar-refractivity contribution in [2.45, 2.75) is 32.4 Å². The van der Waals surface area contributed by atoms with Gasteiger partial charge in [-0.15, -0.1) is 0 Å². The van der Waals surface area contributed by atoms with Crippen molar-refractivity contribution >= 4 is 11.7 Å². The molecule has 5 heteroatoms. The summed E-state index contributed by atoms with van der Waals surface area (Å²) in [6, 6.07) is 4.30. The highest BCUT2D eigenvalue weighted by Gasteiger charge is 2.28. The van der Waals surface area contributed by atoms with E-state index in [2.05, 4.69) is 16.8 Å². The van der Waals surface area contributed by atoms with E-state index in [1.165, 1.54) is 0 Å². The normalized spacial score (nSPS) is 24.9. The lowest BCUT2D eigenvalue weighted by atomic mass is 9.92. The molecule has 1 aromatic heterocycles. The van der Waals surface area contributed by atoms with Crippen LogP contribution in [0.1, 0.15) is 25.3 Å². The SMILES string of the molecule is CC1CCC(C(N)=O)CN1Cc1ccnc(N)c1. The molecule has 1 aromatic rings. The van der Waals surface area contributed by atoms with Gasteiger partial charge in [-0.3, -0.25) is 9.69 Å². The number of rotatable bonds is 3. The minimum Gasteiger partial charge on any atom is -0.384 e. The zero-order valence-corrected chi connectivity index (χ0v) is 10.7. The highest BCUT2D eigenvalue weighted by Crippen LogP contribution is 2.23. The number of likely N-dealkylation sites (tertiary alicyclic amines) is 1. The van der Waals surface area contributed by atoms with Crippen LogP contribution in [0.25, 0.3) is 0 Å². The van der Waals surface area contributed by atoms with E-state index in [-0.39, 0.29) is 11.8 Å². The minimum atomic E-state index is -0.193. The summed E-state index contributed by atoms with van der Waals surface area (Å²) in [5, 5.41) is 0. The molecule has 2 heterocycles. The average Bonchev–Trinajstić information content (AvgIpc) is 2.31. The van der Waals surface area contributed by atoms with E-state index in [1.807, 2.05) is 12.1 Å². The van der Waals surface area contributed by atoms with Crippen LogP contribution < -0.4 is 11.5 Å². The third kappa shape index (κ3) is 2.98. The lowest BCUT2D eigenvalue weighted by Crippen LogP contribution is -2.45. The molecule has 2 atom stereocenters. The molecule has 0 saturated carbocycles. The van der Waals surface area contributed by atoms with E-state index in [9.17, 15) is 4.79 Å². The Morgan fingerprint density at radius 3 is 3.00 bits per heavy atom. The van der Waals surface area contributed by atoms with Gasteiger partial charge in [0.25, 0.3) is 0 Å². The zero-order chi connectivity index (χ0) is 13.1. The summed E-state index contributed by atoms with van der Waals surface area (Å²) in [4.78, 5) is 17.5. The summed E-state index contributed by atoms with van der Waals surface area (Å²) >= 11 is 0. The van der Waals surface area contributed by atoms with Crippen LogP contribution in [0.4, 0.5) is 5.82 Å². The molecule has 1 aliphatic rings. The summed E-state index contributed by atoms with van der Waals surface area (Å²) in [6.07, 6.45) is 3.62. The Bertz CT molecular complexity index is 435. The van der Waals surface area contributed by atoms with Crippen LogP contribution in [0.3, 0.4) is 0 Å². The fourth-order valence-electron chi connectivity index (χ4n) is 2.46. The van der Waals surface area contributed by atoms with Gasteiger partial charge in [-0.25, -0.2) is 4.98 Å². The summed E-state index contributed by atoms with van der Waals surface area (Å²) < 4.78 is 0. The largest absolute Gasteiger partial charge is 0.384 e. The standard InChI is InChI=1S/C13H20N4O/c1-9-2-3-11(13(15)18)8-17(9)7-10-4-5-16-12(14)6-10/h4-6,9,11H,2-3,7-8H2,1H3,(H2,14,16)(H2,15,18). The molecule has 5 nitrogen and oxygen atoms in total. The van der Waals surface area contributed by atoms with Crippen molar-refractivity contribution in [3.63, 3.8) is 0 Å². The first-order valence-corrected chi connectivity index (χ1v) is 6.30. The molecule has 4 N–H and O–H groups in total. The lowest BCUT2D eigenvalue weighted by Gasteiger charge is -2.36. The van der Waals surface area contributed by atoms with Crippen molar-refractivity contribution in [3.05, 3.63) is 23.9 Å². The number of hydrogen-bond acceptors (Lipinski definition) is 4. The number of nitrogen functional groups attached to an aromatic ring is 1. The summed E-state index contributed by atoms with van der Waals surface area (Å²) in [5.74, 6) is 0.310. The van der Waals surface area contributed by atoms with Crippen LogP contribution in [0.5, 0.6) is 0 Å². The van der Waals surface area contributed by atoms with Crippen LogP contribution in [-0.4, -0.2) is 28.4 Å². The number of nitrogens with two attached hydrogens (primary N) is 2. The molecule has 98 valence electrons. The predicted molar refractivity (Wildman–Crippen MR) is 70.4 cm³/mol. The maximum atomic E-state index is 11.3. The number of piperidine rings is 1. The van der Waals surface area contributed by atoms with E-state index in [0.717, 1.165) is 31.5 Å². The average molecular weight is 248 g/mol. The van der Waals surface area contributed by atoms with Gasteiger partial charge in [-0.1, -0.05) is 0 Å². The van der Waals surface area contributed by atoms with Gasteiger partial charge < -0.3 is 11.5 Å². The first-order chi connectivity index (χ1) is 8.56. The first-order valence-electron chi connectivity index (χ1n) is 6.30. The van der Waals surface area contributed by atoms with Crippen LogP contribution in [0.15, 0.2) is 18.3 Å². The Kier molecular flexibility index (Phi) is 3.81.